The Morgan fingerprint density at radius 1 is 1.26 bits per heavy atom. The fourth-order valence-corrected chi connectivity index (χ4v) is 5.78. The summed E-state index contributed by atoms with van der Waals surface area (Å²) < 4.78 is 64.6. The van der Waals surface area contributed by atoms with E-state index in [0.717, 1.165) is 0 Å². The Bertz CT molecular complexity index is 1010. The maximum absolute atomic E-state index is 13.8. The van der Waals surface area contributed by atoms with E-state index in [1.807, 2.05) is 0 Å². The molecule has 0 aromatic carbocycles. The average molecular weight is 526 g/mol. The predicted octanol–water partition coefficient (Wildman–Crippen LogP) is -0.748. The third kappa shape index (κ3) is 6.05. The Kier molecular flexibility index (Phi) is 7.36. The number of thiocarbonyl (C=S) groups is 1. The number of phosphoric acid groups is 3. The molecule has 1 saturated heterocycles. The second-order valence-corrected chi connectivity index (χ2v) is 10.5. The number of aliphatic hydroxyl groups is 2. The number of ether oxygens (including phenoxy) is 1. The molecule has 31 heavy (non-hydrogen) atoms. The SMILES string of the molecule is C#C[C@]1(OP(=O)(O)OP(=O)(O)OP(=O)(O)O)OC(N2C=C(F)C(=C)NC2=S)C(O)C1O. The van der Waals surface area contributed by atoms with Crippen LogP contribution in [0.1, 0.15) is 0 Å². The number of aliphatic hydroxyl groups excluding tert-OH is 2. The number of hydrogen-bond acceptors (Lipinski definition) is 10. The van der Waals surface area contributed by atoms with E-state index in [4.69, 9.17) is 33.2 Å². The summed E-state index contributed by atoms with van der Waals surface area (Å²) in [6, 6.07) is 0. The molecule has 0 bridgehead atoms. The van der Waals surface area contributed by atoms with Crippen LogP contribution in [0.2, 0.25) is 0 Å². The first-order valence-corrected chi connectivity index (χ1v) is 12.4. The van der Waals surface area contributed by atoms with Crippen molar-refractivity contribution < 1.29 is 65.8 Å². The van der Waals surface area contributed by atoms with Gasteiger partial charge in [0.15, 0.2) is 23.3 Å². The molecular formula is C11H14FN2O13P3S. The van der Waals surface area contributed by atoms with Crippen molar-refractivity contribution in [1.29, 1.82) is 0 Å². The van der Waals surface area contributed by atoms with Gasteiger partial charge in [0.25, 0.3) is 5.79 Å². The highest BCUT2D eigenvalue weighted by Gasteiger charge is 2.61. The molecule has 0 radical (unpaired) electrons. The van der Waals surface area contributed by atoms with Gasteiger partial charge in [0.1, 0.15) is 6.10 Å². The van der Waals surface area contributed by atoms with Crippen LogP contribution < -0.4 is 5.32 Å². The molecule has 0 amide bonds. The zero-order valence-electron chi connectivity index (χ0n) is 14.7. The first-order chi connectivity index (χ1) is 13.9. The monoisotopic (exact) mass is 526 g/mol. The number of allylic oxidation sites excluding steroid dienone is 1. The first-order valence-electron chi connectivity index (χ1n) is 7.44. The maximum atomic E-state index is 13.8. The summed E-state index contributed by atoms with van der Waals surface area (Å²) >= 11 is 4.92. The van der Waals surface area contributed by atoms with Gasteiger partial charge < -0.3 is 39.8 Å². The smallest absolute Gasteiger partial charge is 0.385 e. The fraction of sp³-hybridized carbons (Fsp3) is 0.364. The number of phosphoric ester groups is 1. The number of hydrogen-bond donors (Lipinski definition) is 7. The molecule has 2 heterocycles. The van der Waals surface area contributed by atoms with Crippen molar-refractivity contribution in [3.63, 3.8) is 0 Å². The molecule has 174 valence electrons. The number of halogens is 1. The summed E-state index contributed by atoms with van der Waals surface area (Å²) in [6.45, 7) is 3.31. The highest BCUT2D eigenvalue weighted by molar-refractivity contribution is 7.80. The molecule has 2 aliphatic rings. The van der Waals surface area contributed by atoms with Gasteiger partial charge >= 0.3 is 23.5 Å². The standard InChI is InChI=1S/C11H14FN2O13P3S/c1-3-11(25-29(20,21)27-30(22,23)26-28(17,18)19)8(16)7(15)9(24-11)14-4-6(12)5(2)13-10(14)31/h1,4,7-9,15-16H,2H2,(H,13,31)(H,20,21)(H,22,23)(H2,17,18,19)/t7?,8?,9?,11-/m1/s1. The van der Waals surface area contributed by atoms with Gasteiger partial charge in [-0.2, -0.15) is 8.62 Å². The Morgan fingerprint density at radius 3 is 2.35 bits per heavy atom. The normalized spacial score (nSPS) is 33.2. The molecule has 20 heteroatoms. The summed E-state index contributed by atoms with van der Waals surface area (Å²) in [5, 5.41) is 22.5. The van der Waals surface area contributed by atoms with Gasteiger partial charge in [-0.05, 0) is 18.1 Å². The van der Waals surface area contributed by atoms with E-state index in [1.165, 1.54) is 0 Å². The number of nitrogens with one attached hydrogen (secondary N) is 1. The number of nitrogens with zero attached hydrogens (tertiary/aromatic N) is 1. The van der Waals surface area contributed by atoms with Gasteiger partial charge in [-0.15, -0.1) is 6.42 Å². The lowest BCUT2D eigenvalue weighted by Gasteiger charge is -2.33. The highest BCUT2D eigenvalue weighted by atomic mass is 32.1. The topological polar surface area (TPSA) is 225 Å². The molecule has 1 fully saturated rings. The van der Waals surface area contributed by atoms with E-state index in [1.54, 1.807) is 5.92 Å². The molecule has 15 nitrogen and oxygen atoms in total. The van der Waals surface area contributed by atoms with Crippen LogP contribution in [0.25, 0.3) is 0 Å². The molecule has 7 N–H and O–H groups in total. The van der Waals surface area contributed by atoms with Crippen LogP contribution in [0.3, 0.4) is 0 Å². The number of rotatable bonds is 7. The van der Waals surface area contributed by atoms with Crippen LogP contribution >= 0.6 is 35.7 Å². The van der Waals surface area contributed by atoms with Crippen molar-refractivity contribution in [3.8, 4) is 12.3 Å². The molecule has 2 aliphatic heterocycles. The van der Waals surface area contributed by atoms with Gasteiger partial charge in [0, 0.05) is 6.20 Å². The minimum Gasteiger partial charge on any atom is -0.385 e. The van der Waals surface area contributed by atoms with Crippen molar-refractivity contribution in [3.05, 3.63) is 24.3 Å². The predicted molar refractivity (Wildman–Crippen MR) is 99.3 cm³/mol. The van der Waals surface area contributed by atoms with E-state index in [0.29, 0.717) is 11.1 Å². The van der Waals surface area contributed by atoms with Crippen LogP contribution in [0, 0.1) is 12.3 Å². The van der Waals surface area contributed by atoms with Gasteiger partial charge in [-0.25, -0.2) is 22.6 Å². The fourth-order valence-electron chi connectivity index (χ4n) is 2.31. The summed E-state index contributed by atoms with van der Waals surface area (Å²) in [6.07, 6.45) is -0.396. The molecule has 0 saturated carbocycles. The summed E-state index contributed by atoms with van der Waals surface area (Å²) in [7, 11) is -17.5. The lowest BCUT2D eigenvalue weighted by molar-refractivity contribution is -0.187. The van der Waals surface area contributed by atoms with Crippen molar-refractivity contribution in [2.75, 3.05) is 0 Å². The van der Waals surface area contributed by atoms with E-state index in [-0.39, 0.29) is 10.8 Å². The first kappa shape index (κ1) is 26.2. The molecule has 0 aromatic heterocycles. The Labute approximate surface area is 178 Å². The molecule has 0 aliphatic carbocycles. The molecule has 6 atom stereocenters. The molecule has 0 spiro atoms. The number of terminal acetylenes is 1. The molecule has 0 aromatic rings. The third-order valence-electron chi connectivity index (χ3n) is 3.48. The van der Waals surface area contributed by atoms with Crippen LogP contribution in [0.4, 0.5) is 4.39 Å². The summed E-state index contributed by atoms with van der Waals surface area (Å²) in [4.78, 5) is 36.6. The van der Waals surface area contributed by atoms with Gasteiger partial charge in [-0.1, -0.05) is 6.58 Å². The van der Waals surface area contributed by atoms with Gasteiger partial charge in [-0.3, -0.25) is 4.90 Å². The van der Waals surface area contributed by atoms with E-state index in [9.17, 15) is 38.1 Å². The highest BCUT2D eigenvalue weighted by Crippen LogP contribution is 2.67. The zero-order chi connectivity index (χ0) is 24.0. The second-order valence-electron chi connectivity index (χ2n) is 5.73. The van der Waals surface area contributed by atoms with Crippen LogP contribution in [-0.4, -0.2) is 64.0 Å². The van der Waals surface area contributed by atoms with E-state index in [2.05, 4.69) is 25.0 Å². The van der Waals surface area contributed by atoms with Crippen molar-refractivity contribution in [2.45, 2.75) is 24.2 Å². The lowest BCUT2D eigenvalue weighted by atomic mass is 10.1. The van der Waals surface area contributed by atoms with Gasteiger partial charge in [0.2, 0.25) is 0 Å². The van der Waals surface area contributed by atoms with Crippen molar-refractivity contribution in [1.82, 2.24) is 10.2 Å². The Morgan fingerprint density at radius 2 is 1.84 bits per heavy atom. The van der Waals surface area contributed by atoms with Crippen LogP contribution in [-0.2, 0) is 31.6 Å². The lowest BCUT2D eigenvalue weighted by Crippen LogP contribution is -2.50. The molecule has 5 unspecified atom stereocenters. The molecular weight excluding hydrogens is 512 g/mol. The summed E-state index contributed by atoms with van der Waals surface area (Å²) in [5.41, 5.74) is -0.245. The van der Waals surface area contributed by atoms with Crippen molar-refractivity contribution in [2.24, 2.45) is 0 Å². The van der Waals surface area contributed by atoms with E-state index >= 15 is 0 Å². The van der Waals surface area contributed by atoms with Crippen LogP contribution in [0.5, 0.6) is 0 Å². The van der Waals surface area contributed by atoms with Crippen LogP contribution in [0.15, 0.2) is 24.3 Å². The Balaban J connectivity index is 2.31. The zero-order valence-corrected chi connectivity index (χ0v) is 18.2. The van der Waals surface area contributed by atoms with E-state index < -0.39 is 53.5 Å². The van der Waals surface area contributed by atoms with Gasteiger partial charge in [0.05, 0.1) is 5.70 Å². The van der Waals surface area contributed by atoms with Crippen molar-refractivity contribution >= 4 is 40.8 Å². The Hall–Kier alpha value is -1.05. The minimum absolute atomic E-state index is 0.245. The third-order valence-corrected chi connectivity index (χ3v) is 7.62. The average Bonchev–Trinajstić information content (AvgIpc) is 2.80. The second kappa shape index (κ2) is 8.71. The minimum atomic E-state index is -5.91. The maximum Gasteiger partial charge on any atom is 0.490 e. The summed E-state index contributed by atoms with van der Waals surface area (Å²) in [5.74, 6) is -2.42. The molecule has 2 rings (SSSR count). The quantitative estimate of drug-likeness (QED) is 0.123. The largest absolute Gasteiger partial charge is 0.490 e.